The second kappa shape index (κ2) is 3.70. The minimum Gasteiger partial charge on any atom is -0.390 e. The monoisotopic (exact) mass is 244 g/mol. The summed E-state index contributed by atoms with van der Waals surface area (Å²) in [4.78, 5) is 0. The molecule has 0 unspecified atom stereocenters. The summed E-state index contributed by atoms with van der Waals surface area (Å²) in [6, 6.07) is 0. The molecule has 0 aromatic carbocycles. The molecule has 1 heterocycles. The molecule has 4 heteroatoms. The minimum absolute atomic E-state index is 0.171. The first-order valence-corrected chi connectivity index (χ1v) is 4.03. The van der Waals surface area contributed by atoms with Crippen molar-refractivity contribution in [3.05, 3.63) is 0 Å². The van der Waals surface area contributed by atoms with Crippen molar-refractivity contribution in [1.29, 1.82) is 0 Å². The molecule has 1 rings (SSSR count). The maximum atomic E-state index is 9.15. The van der Waals surface area contributed by atoms with Gasteiger partial charge in [0.05, 0.1) is 23.2 Å². The van der Waals surface area contributed by atoms with E-state index in [1.54, 1.807) is 0 Å². The molecule has 0 aromatic rings. The molecule has 1 N–H and O–H groups in total. The summed E-state index contributed by atoms with van der Waals surface area (Å²) in [6.07, 6.45) is -0.368. The van der Waals surface area contributed by atoms with E-state index in [9.17, 15) is 0 Å². The first-order chi connectivity index (χ1) is 4.30. The quantitative estimate of drug-likeness (QED) is 0.487. The lowest BCUT2D eigenvalue weighted by Crippen LogP contribution is -2.25. The van der Waals surface area contributed by atoms with Gasteiger partial charge in [-0.05, 0) is 0 Å². The fourth-order valence-electron chi connectivity index (χ4n) is 0.604. The lowest BCUT2D eigenvalue weighted by atomic mass is 10.3. The second-order valence-electron chi connectivity index (χ2n) is 1.94. The van der Waals surface area contributed by atoms with Crippen LogP contribution in [0.25, 0.3) is 0 Å². The summed E-state index contributed by atoms with van der Waals surface area (Å²) in [5.74, 6) is 0. The lowest BCUT2D eigenvalue weighted by molar-refractivity contribution is -0.0420. The van der Waals surface area contributed by atoms with Gasteiger partial charge in [-0.25, -0.2) is 0 Å². The van der Waals surface area contributed by atoms with Gasteiger partial charge in [-0.1, -0.05) is 22.6 Å². The highest BCUT2D eigenvalue weighted by molar-refractivity contribution is 14.1. The number of rotatable bonds is 0. The van der Waals surface area contributed by atoms with Crippen LogP contribution >= 0.6 is 22.6 Å². The summed E-state index contributed by atoms with van der Waals surface area (Å²) < 4.78 is 10.1. The number of halogens is 1. The van der Waals surface area contributed by atoms with Crippen LogP contribution < -0.4 is 0 Å². The van der Waals surface area contributed by atoms with Gasteiger partial charge in [-0.2, -0.15) is 0 Å². The van der Waals surface area contributed by atoms with Crippen LogP contribution in [-0.2, 0) is 9.47 Å². The molecule has 0 aliphatic carbocycles. The number of aliphatic hydroxyl groups excluding tert-OH is 1. The van der Waals surface area contributed by atoms with Crippen LogP contribution in [0.3, 0.4) is 0 Å². The van der Waals surface area contributed by atoms with Crippen LogP contribution in [-0.4, -0.2) is 35.1 Å². The van der Waals surface area contributed by atoms with Gasteiger partial charge in [-0.3, -0.25) is 0 Å². The molecule has 1 aliphatic heterocycles. The Morgan fingerprint density at radius 1 is 1.33 bits per heavy atom. The van der Waals surface area contributed by atoms with Crippen molar-refractivity contribution < 1.29 is 14.6 Å². The molecule has 1 saturated heterocycles. The Morgan fingerprint density at radius 2 is 2.00 bits per heavy atom. The second-order valence-corrected chi connectivity index (χ2v) is 3.54. The van der Waals surface area contributed by atoms with Gasteiger partial charge in [-0.15, -0.1) is 0 Å². The Bertz CT molecular complexity index is 78.3. The highest BCUT2D eigenvalue weighted by Gasteiger charge is 2.18. The van der Waals surface area contributed by atoms with E-state index in [1.807, 2.05) is 0 Å². The molecule has 0 bridgehead atoms. The molecule has 1 aliphatic rings. The molecule has 0 amide bonds. The number of hydrogen-bond acceptors (Lipinski definition) is 3. The van der Waals surface area contributed by atoms with Crippen molar-refractivity contribution in [3.63, 3.8) is 0 Å². The molecule has 3 nitrogen and oxygen atoms in total. The SMILES string of the molecule is O[C@H]1COCOC[C@@H]1I. The fraction of sp³-hybridized carbons (Fsp3) is 1.00. The van der Waals surface area contributed by atoms with E-state index < -0.39 is 0 Å². The van der Waals surface area contributed by atoms with Crippen molar-refractivity contribution >= 4 is 22.6 Å². The molecule has 9 heavy (non-hydrogen) atoms. The third-order valence-electron chi connectivity index (χ3n) is 1.15. The van der Waals surface area contributed by atoms with Crippen LogP contribution in [0.4, 0.5) is 0 Å². The van der Waals surface area contributed by atoms with Crippen molar-refractivity contribution in [2.45, 2.75) is 10.0 Å². The molecular weight excluding hydrogens is 235 g/mol. The molecule has 0 spiro atoms. The van der Waals surface area contributed by atoms with Crippen LogP contribution in [0.15, 0.2) is 0 Å². The minimum atomic E-state index is -0.368. The third-order valence-corrected chi connectivity index (χ3v) is 2.34. The largest absolute Gasteiger partial charge is 0.390 e. The summed E-state index contributed by atoms with van der Waals surface area (Å²) in [5.41, 5.74) is 0. The number of aliphatic hydroxyl groups is 1. The van der Waals surface area contributed by atoms with E-state index in [0.29, 0.717) is 20.0 Å². The summed E-state index contributed by atoms with van der Waals surface area (Å²) in [5, 5.41) is 9.15. The Kier molecular flexibility index (Phi) is 3.17. The normalized spacial score (nSPS) is 38.0. The van der Waals surface area contributed by atoms with Gasteiger partial charge >= 0.3 is 0 Å². The highest BCUT2D eigenvalue weighted by Crippen LogP contribution is 2.10. The van der Waals surface area contributed by atoms with E-state index in [4.69, 9.17) is 14.6 Å². The van der Waals surface area contributed by atoms with Gasteiger partial charge < -0.3 is 14.6 Å². The lowest BCUT2D eigenvalue weighted by Gasteiger charge is -2.09. The Morgan fingerprint density at radius 3 is 2.78 bits per heavy atom. The first kappa shape index (κ1) is 7.71. The predicted octanol–water partition coefficient (Wildman–Crippen LogP) is 0.155. The van der Waals surface area contributed by atoms with Crippen molar-refractivity contribution in [2.75, 3.05) is 20.0 Å². The fourth-order valence-corrected chi connectivity index (χ4v) is 1.07. The summed E-state index contributed by atoms with van der Waals surface area (Å²) in [7, 11) is 0. The van der Waals surface area contributed by atoms with Crippen LogP contribution in [0.5, 0.6) is 0 Å². The molecular formula is C5H9IO3. The number of ether oxygens (including phenoxy) is 2. The third kappa shape index (κ3) is 2.37. The van der Waals surface area contributed by atoms with Crippen LogP contribution in [0.2, 0.25) is 0 Å². The average Bonchev–Trinajstić information content (AvgIpc) is 1.99. The number of alkyl halides is 1. The maximum absolute atomic E-state index is 9.15. The molecule has 0 aromatic heterocycles. The molecule has 1 fully saturated rings. The van der Waals surface area contributed by atoms with E-state index in [-0.39, 0.29) is 10.0 Å². The number of hydrogen-bond donors (Lipinski definition) is 1. The molecule has 54 valence electrons. The van der Waals surface area contributed by atoms with E-state index in [0.717, 1.165) is 0 Å². The van der Waals surface area contributed by atoms with Gasteiger partial charge in [0.2, 0.25) is 0 Å². The van der Waals surface area contributed by atoms with Crippen molar-refractivity contribution in [3.8, 4) is 0 Å². The predicted molar refractivity (Wildman–Crippen MR) is 40.6 cm³/mol. The molecule has 0 radical (unpaired) electrons. The average molecular weight is 244 g/mol. The van der Waals surface area contributed by atoms with E-state index in [2.05, 4.69) is 22.6 Å². The first-order valence-electron chi connectivity index (χ1n) is 2.78. The van der Waals surface area contributed by atoms with Gasteiger partial charge in [0, 0.05) is 0 Å². The van der Waals surface area contributed by atoms with Crippen molar-refractivity contribution in [2.24, 2.45) is 0 Å². The Balaban J connectivity index is 2.32. The van der Waals surface area contributed by atoms with Gasteiger partial charge in [0.1, 0.15) is 6.79 Å². The highest BCUT2D eigenvalue weighted by atomic mass is 127. The maximum Gasteiger partial charge on any atom is 0.146 e. The van der Waals surface area contributed by atoms with Gasteiger partial charge in [0.15, 0.2) is 0 Å². The Labute approximate surface area is 67.5 Å². The Hall–Kier alpha value is 0.610. The summed E-state index contributed by atoms with van der Waals surface area (Å²) in [6.45, 7) is 1.30. The van der Waals surface area contributed by atoms with Crippen LogP contribution in [0, 0.1) is 0 Å². The van der Waals surface area contributed by atoms with E-state index >= 15 is 0 Å². The zero-order chi connectivity index (χ0) is 6.69. The van der Waals surface area contributed by atoms with E-state index in [1.165, 1.54) is 0 Å². The summed E-state index contributed by atoms with van der Waals surface area (Å²) >= 11 is 2.15. The van der Waals surface area contributed by atoms with Crippen LogP contribution in [0.1, 0.15) is 0 Å². The topological polar surface area (TPSA) is 38.7 Å². The zero-order valence-electron chi connectivity index (χ0n) is 4.92. The van der Waals surface area contributed by atoms with Gasteiger partial charge in [0.25, 0.3) is 0 Å². The molecule has 0 saturated carbocycles. The molecule has 2 atom stereocenters. The smallest absolute Gasteiger partial charge is 0.146 e. The zero-order valence-corrected chi connectivity index (χ0v) is 7.08. The standard InChI is InChI=1S/C5H9IO3/c6-4-1-8-3-9-2-5(4)7/h4-5,7H,1-3H2/t4-,5-/m0/s1. The van der Waals surface area contributed by atoms with Crippen molar-refractivity contribution in [1.82, 2.24) is 0 Å².